The van der Waals surface area contributed by atoms with Gasteiger partial charge in [-0.2, -0.15) is 0 Å². The molecular weight excluding hydrogens is 448 g/mol. The molecule has 31 heavy (non-hydrogen) atoms. The van der Waals surface area contributed by atoms with Crippen molar-refractivity contribution in [1.29, 1.82) is 0 Å². The van der Waals surface area contributed by atoms with Crippen LogP contribution in [-0.2, 0) is 11.8 Å². The zero-order valence-electron chi connectivity index (χ0n) is 17.2. The highest BCUT2D eigenvalue weighted by molar-refractivity contribution is 7.99. The summed E-state index contributed by atoms with van der Waals surface area (Å²) in [6.45, 7) is 3.97. The van der Waals surface area contributed by atoms with Gasteiger partial charge in [-0.25, -0.2) is 4.98 Å². The molecule has 0 spiro atoms. The van der Waals surface area contributed by atoms with E-state index in [2.05, 4.69) is 5.32 Å². The van der Waals surface area contributed by atoms with E-state index in [9.17, 15) is 9.59 Å². The minimum absolute atomic E-state index is 0.134. The number of rotatable bonds is 5. The normalized spacial score (nSPS) is 11.1. The van der Waals surface area contributed by atoms with Crippen LogP contribution in [0.1, 0.15) is 11.1 Å². The Bertz CT molecular complexity index is 1400. The summed E-state index contributed by atoms with van der Waals surface area (Å²) < 4.78 is 4.33. The predicted molar refractivity (Wildman–Crippen MR) is 130 cm³/mol. The topological polar surface area (TPSA) is 68.9 Å². The molecule has 6 nitrogen and oxygen atoms in total. The number of thioether (sulfide) groups is 1. The molecule has 0 aliphatic carbocycles. The Morgan fingerprint density at radius 3 is 2.65 bits per heavy atom. The van der Waals surface area contributed by atoms with Crippen LogP contribution in [0.5, 0.6) is 0 Å². The second kappa shape index (κ2) is 8.78. The fourth-order valence-corrected chi connectivity index (χ4v) is 5.33. The summed E-state index contributed by atoms with van der Waals surface area (Å²) in [5.74, 6) is -0.0218. The second-order valence-corrected chi connectivity index (χ2v) is 9.69. The molecule has 0 unspecified atom stereocenters. The zero-order valence-corrected chi connectivity index (χ0v) is 19.7. The van der Waals surface area contributed by atoms with Crippen molar-refractivity contribution < 1.29 is 4.79 Å². The number of aromatic nitrogens is 3. The number of carbonyl (C=O) groups excluding carboxylic acids is 1. The van der Waals surface area contributed by atoms with E-state index in [1.165, 1.54) is 27.7 Å². The molecule has 2 heterocycles. The van der Waals surface area contributed by atoms with Gasteiger partial charge in [-0.3, -0.25) is 18.7 Å². The molecule has 0 fully saturated rings. The van der Waals surface area contributed by atoms with E-state index in [4.69, 9.17) is 17.2 Å². The van der Waals surface area contributed by atoms with Gasteiger partial charge in [-0.05, 0) is 49.8 Å². The fraction of sp³-hybridized carbons (Fsp3) is 0.182. The van der Waals surface area contributed by atoms with Crippen LogP contribution < -0.4 is 10.9 Å². The summed E-state index contributed by atoms with van der Waals surface area (Å²) in [6, 6.07) is 15.5. The maximum atomic E-state index is 12.9. The lowest BCUT2D eigenvalue weighted by Crippen LogP contribution is -2.21. The first-order valence-corrected chi connectivity index (χ1v) is 11.7. The third kappa shape index (κ3) is 4.34. The number of anilines is 1. The van der Waals surface area contributed by atoms with Crippen molar-refractivity contribution in [3.05, 3.63) is 74.0 Å². The highest BCUT2D eigenvalue weighted by Gasteiger charge is 2.17. The molecule has 4 aromatic rings. The highest BCUT2D eigenvalue weighted by Crippen LogP contribution is 2.25. The molecule has 0 atom stereocenters. The highest BCUT2D eigenvalue weighted by atomic mass is 32.2. The van der Waals surface area contributed by atoms with Gasteiger partial charge < -0.3 is 5.32 Å². The first-order chi connectivity index (χ1) is 14.8. The van der Waals surface area contributed by atoms with Gasteiger partial charge in [0.05, 0.1) is 5.75 Å². The number of nitrogens with zero attached hydrogens (tertiary/aromatic N) is 3. The van der Waals surface area contributed by atoms with E-state index in [-0.39, 0.29) is 17.2 Å². The number of benzene rings is 2. The van der Waals surface area contributed by atoms with E-state index < -0.39 is 0 Å². The third-order valence-electron chi connectivity index (χ3n) is 4.78. The minimum atomic E-state index is -0.173. The van der Waals surface area contributed by atoms with Gasteiger partial charge in [0.15, 0.2) is 14.8 Å². The third-order valence-corrected chi connectivity index (χ3v) is 7.16. The number of aryl methyl sites for hydroxylation is 2. The molecule has 4 rings (SSSR count). The molecule has 2 aromatic carbocycles. The van der Waals surface area contributed by atoms with Crippen molar-refractivity contribution in [2.45, 2.75) is 19.0 Å². The maximum absolute atomic E-state index is 12.9. The molecule has 0 bridgehead atoms. The molecule has 0 saturated carbocycles. The molecule has 1 amide bonds. The van der Waals surface area contributed by atoms with E-state index in [1.54, 1.807) is 11.6 Å². The van der Waals surface area contributed by atoms with Crippen LogP contribution in [-0.4, -0.2) is 25.8 Å². The van der Waals surface area contributed by atoms with Gasteiger partial charge in [0.25, 0.3) is 5.56 Å². The SMILES string of the molecule is Cc1ccc(NC(=O)CSc2nc3c(sc(=S)n3-c3ccccc3)c(=O)n2C)c(C)c1. The number of nitrogens with one attached hydrogen (secondary N) is 1. The molecule has 158 valence electrons. The van der Waals surface area contributed by atoms with E-state index in [0.717, 1.165) is 22.5 Å². The molecule has 2 aromatic heterocycles. The molecule has 0 aliphatic heterocycles. The van der Waals surface area contributed by atoms with Crippen LogP contribution >= 0.6 is 35.3 Å². The van der Waals surface area contributed by atoms with Crippen molar-refractivity contribution in [2.75, 3.05) is 11.1 Å². The molecular formula is C22H20N4O2S3. The maximum Gasteiger partial charge on any atom is 0.273 e. The Morgan fingerprint density at radius 2 is 1.94 bits per heavy atom. The summed E-state index contributed by atoms with van der Waals surface area (Å²) in [5, 5.41) is 3.39. The van der Waals surface area contributed by atoms with Gasteiger partial charge in [-0.1, -0.05) is 59.0 Å². The van der Waals surface area contributed by atoms with Crippen molar-refractivity contribution in [1.82, 2.24) is 14.1 Å². The van der Waals surface area contributed by atoms with Gasteiger partial charge >= 0.3 is 0 Å². The summed E-state index contributed by atoms with van der Waals surface area (Å²) in [6.07, 6.45) is 0. The molecule has 0 radical (unpaired) electrons. The van der Waals surface area contributed by atoms with Crippen LogP contribution in [0.25, 0.3) is 16.0 Å². The average molecular weight is 469 g/mol. The van der Waals surface area contributed by atoms with Crippen molar-refractivity contribution >= 4 is 57.3 Å². The number of amides is 1. The Kier molecular flexibility index (Phi) is 6.08. The first-order valence-electron chi connectivity index (χ1n) is 9.53. The largest absolute Gasteiger partial charge is 0.325 e. The smallest absolute Gasteiger partial charge is 0.273 e. The van der Waals surface area contributed by atoms with Crippen LogP contribution in [0, 0.1) is 17.8 Å². The Morgan fingerprint density at radius 1 is 1.19 bits per heavy atom. The van der Waals surface area contributed by atoms with E-state index >= 15 is 0 Å². The van der Waals surface area contributed by atoms with Crippen LogP contribution in [0.4, 0.5) is 5.69 Å². The number of carbonyl (C=O) groups is 1. The van der Waals surface area contributed by atoms with Crippen molar-refractivity contribution in [3.8, 4) is 5.69 Å². The lowest BCUT2D eigenvalue weighted by Gasteiger charge is -2.11. The molecule has 9 heteroatoms. The number of thiazole rings is 1. The van der Waals surface area contributed by atoms with E-state index in [1.807, 2.05) is 62.4 Å². The Labute approximate surface area is 192 Å². The molecule has 1 N–H and O–H groups in total. The van der Waals surface area contributed by atoms with Gasteiger partial charge in [0.2, 0.25) is 5.91 Å². The average Bonchev–Trinajstić information content (AvgIpc) is 3.08. The standard InChI is InChI=1S/C22H20N4O2S3/c1-13-9-10-16(14(2)11-13)23-17(27)12-30-21-24-19-18(20(28)25(21)3)31-22(29)26(19)15-7-5-4-6-8-15/h4-11H,12H2,1-3H3,(H,23,27). The summed E-state index contributed by atoms with van der Waals surface area (Å²) in [5.41, 5.74) is 4.12. The molecule has 0 aliphatic rings. The monoisotopic (exact) mass is 468 g/mol. The zero-order chi connectivity index (χ0) is 22.1. The summed E-state index contributed by atoms with van der Waals surface area (Å²) in [4.78, 5) is 30.1. The van der Waals surface area contributed by atoms with Crippen LogP contribution in [0.2, 0.25) is 0 Å². The van der Waals surface area contributed by atoms with Gasteiger partial charge in [0.1, 0.15) is 4.70 Å². The number of para-hydroxylation sites is 1. The number of hydrogen-bond acceptors (Lipinski definition) is 6. The van der Waals surface area contributed by atoms with Crippen LogP contribution in [0.3, 0.4) is 0 Å². The first kappa shape index (κ1) is 21.5. The second-order valence-electron chi connectivity index (χ2n) is 7.11. The number of hydrogen-bond donors (Lipinski definition) is 1. The number of fused-ring (bicyclic) bond motifs is 1. The minimum Gasteiger partial charge on any atom is -0.325 e. The Balaban J connectivity index is 1.63. The quantitative estimate of drug-likeness (QED) is 0.257. The van der Waals surface area contributed by atoms with Gasteiger partial charge in [-0.15, -0.1) is 0 Å². The lowest BCUT2D eigenvalue weighted by atomic mass is 10.1. The van der Waals surface area contributed by atoms with Gasteiger partial charge in [0, 0.05) is 18.4 Å². The summed E-state index contributed by atoms with van der Waals surface area (Å²) >= 11 is 7.97. The van der Waals surface area contributed by atoms with Crippen molar-refractivity contribution in [3.63, 3.8) is 0 Å². The van der Waals surface area contributed by atoms with Crippen LogP contribution in [0.15, 0.2) is 58.5 Å². The predicted octanol–water partition coefficient (Wildman–Crippen LogP) is 4.86. The Hall–Kier alpha value is -2.75. The molecule has 0 saturated heterocycles. The van der Waals surface area contributed by atoms with Crippen molar-refractivity contribution in [2.24, 2.45) is 7.05 Å². The lowest BCUT2D eigenvalue weighted by molar-refractivity contribution is -0.113. The van der Waals surface area contributed by atoms with E-state index in [0.29, 0.717) is 19.5 Å². The summed E-state index contributed by atoms with van der Waals surface area (Å²) in [7, 11) is 1.66. The fourth-order valence-electron chi connectivity index (χ4n) is 3.22.